The van der Waals surface area contributed by atoms with Gasteiger partial charge in [0.25, 0.3) is 5.91 Å². The van der Waals surface area contributed by atoms with E-state index in [4.69, 9.17) is 18.6 Å². The first-order chi connectivity index (χ1) is 13.9. The number of ether oxygens (including phenoxy) is 3. The van der Waals surface area contributed by atoms with Crippen LogP contribution in [0, 0.1) is 6.92 Å². The van der Waals surface area contributed by atoms with Crippen LogP contribution in [-0.4, -0.2) is 38.7 Å². The monoisotopic (exact) mass is 397 g/mol. The summed E-state index contributed by atoms with van der Waals surface area (Å²) in [6.45, 7) is 2.22. The van der Waals surface area contributed by atoms with Crippen LogP contribution < -0.4 is 19.8 Å². The summed E-state index contributed by atoms with van der Waals surface area (Å²) in [6.07, 6.45) is 0. The van der Waals surface area contributed by atoms with Crippen molar-refractivity contribution >= 4 is 16.9 Å². The minimum Gasteiger partial charge on any atom is -0.493 e. The van der Waals surface area contributed by atoms with Gasteiger partial charge in [-0.25, -0.2) is 4.79 Å². The third-order valence-electron chi connectivity index (χ3n) is 4.63. The second-order valence-corrected chi connectivity index (χ2v) is 6.63. The number of aryl methyl sites for hydroxylation is 1. The molecule has 0 aliphatic heterocycles. The average molecular weight is 397 g/mol. The van der Waals surface area contributed by atoms with Crippen molar-refractivity contribution in [1.82, 2.24) is 4.90 Å². The molecule has 1 amide bonds. The number of rotatable bonds is 7. The molecule has 2 aromatic carbocycles. The standard InChI is InChI=1S/C22H23NO6/c1-14-9-19(26-3)20(27-4)10-16(14)12-23(2)21(24)13-28-17-7-5-15-6-8-22(25)29-18(15)11-17/h5-11H,12-13H2,1-4H3. The SMILES string of the molecule is COc1cc(C)c(CN(C)C(=O)COc2ccc3ccc(=O)oc3c2)cc1OC. The zero-order valence-electron chi connectivity index (χ0n) is 16.9. The molecule has 0 spiro atoms. The number of likely N-dealkylation sites (N-methyl/N-ethyl adjacent to an activating group) is 1. The van der Waals surface area contributed by atoms with Gasteiger partial charge in [-0.15, -0.1) is 0 Å². The van der Waals surface area contributed by atoms with E-state index < -0.39 is 5.63 Å². The number of methoxy groups -OCH3 is 2. The molecule has 0 aliphatic carbocycles. The summed E-state index contributed by atoms with van der Waals surface area (Å²) in [6, 6.07) is 11.9. The van der Waals surface area contributed by atoms with Gasteiger partial charge in [-0.1, -0.05) is 0 Å². The lowest BCUT2D eigenvalue weighted by Crippen LogP contribution is -2.31. The number of amides is 1. The lowest BCUT2D eigenvalue weighted by molar-refractivity contribution is -0.132. The Kier molecular flexibility index (Phi) is 6.07. The highest BCUT2D eigenvalue weighted by Gasteiger charge is 2.14. The molecule has 3 rings (SSSR count). The Morgan fingerprint density at radius 1 is 1.03 bits per heavy atom. The number of carbonyl (C=O) groups is 1. The third kappa shape index (κ3) is 4.68. The molecule has 0 radical (unpaired) electrons. The fraction of sp³-hybridized carbons (Fsp3) is 0.273. The molecule has 0 unspecified atom stereocenters. The molecule has 0 atom stereocenters. The number of hydrogen-bond acceptors (Lipinski definition) is 6. The van der Waals surface area contributed by atoms with Crippen molar-refractivity contribution in [1.29, 1.82) is 0 Å². The molecule has 152 valence electrons. The second-order valence-electron chi connectivity index (χ2n) is 6.63. The van der Waals surface area contributed by atoms with Gasteiger partial charge in [0.15, 0.2) is 18.1 Å². The van der Waals surface area contributed by atoms with Crippen LogP contribution in [0.4, 0.5) is 0 Å². The molecule has 0 fully saturated rings. The van der Waals surface area contributed by atoms with Gasteiger partial charge in [-0.05, 0) is 48.4 Å². The van der Waals surface area contributed by atoms with E-state index in [9.17, 15) is 9.59 Å². The minimum atomic E-state index is -0.434. The number of hydrogen-bond donors (Lipinski definition) is 0. The maximum absolute atomic E-state index is 12.5. The summed E-state index contributed by atoms with van der Waals surface area (Å²) in [5, 5.41) is 0.782. The molecule has 0 aliphatic rings. The van der Waals surface area contributed by atoms with Crippen LogP contribution in [0.2, 0.25) is 0 Å². The summed E-state index contributed by atoms with van der Waals surface area (Å²) in [4.78, 5) is 25.4. The fourth-order valence-corrected chi connectivity index (χ4v) is 2.92. The summed E-state index contributed by atoms with van der Waals surface area (Å²) in [5.41, 5.74) is 1.92. The Morgan fingerprint density at radius 2 is 1.72 bits per heavy atom. The Bertz CT molecular complexity index is 1090. The molecule has 1 heterocycles. The summed E-state index contributed by atoms with van der Waals surface area (Å²) >= 11 is 0. The van der Waals surface area contributed by atoms with Gasteiger partial charge in [0.1, 0.15) is 11.3 Å². The quantitative estimate of drug-likeness (QED) is 0.570. The first-order valence-corrected chi connectivity index (χ1v) is 9.03. The van der Waals surface area contributed by atoms with Crippen LogP contribution >= 0.6 is 0 Å². The van der Waals surface area contributed by atoms with Gasteiger partial charge in [-0.2, -0.15) is 0 Å². The third-order valence-corrected chi connectivity index (χ3v) is 4.63. The van der Waals surface area contributed by atoms with Crippen LogP contribution in [0.1, 0.15) is 11.1 Å². The van der Waals surface area contributed by atoms with Crippen molar-refractivity contribution < 1.29 is 23.4 Å². The van der Waals surface area contributed by atoms with Crippen molar-refractivity contribution in [2.45, 2.75) is 13.5 Å². The molecular formula is C22H23NO6. The number of nitrogens with zero attached hydrogens (tertiary/aromatic N) is 1. The van der Waals surface area contributed by atoms with E-state index in [0.29, 0.717) is 29.4 Å². The second kappa shape index (κ2) is 8.68. The highest BCUT2D eigenvalue weighted by atomic mass is 16.5. The first kappa shape index (κ1) is 20.3. The number of benzene rings is 2. The Balaban J connectivity index is 1.66. The number of carbonyl (C=O) groups excluding carboxylic acids is 1. The van der Waals surface area contributed by atoms with E-state index >= 15 is 0 Å². The lowest BCUT2D eigenvalue weighted by atomic mass is 10.1. The van der Waals surface area contributed by atoms with Gasteiger partial charge in [-0.3, -0.25) is 4.79 Å². The predicted octanol–water partition coefficient (Wildman–Crippen LogP) is 3.16. The van der Waals surface area contributed by atoms with Gasteiger partial charge in [0.05, 0.1) is 14.2 Å². The summed E-state index contributed by atoms with van der Waals surface area (Å²) in [5.74, 6) is 1.53. The average Bonchev–Trinajstić information content (AvgIpc) is 2.72. The molecule has 7 heteroatoms. The van der Waals surface area contributed by atoms with Crippen molar-refractivity contribution in [3.8, 4) is 17.2 Å². The topological polar surface area (TPSA) is 78.2 Å². The van der Waals surface area contributed by atoms with Crippen molar-refractivity contribution in [2.24, 2.45) is 0 Å². The molecular weight excluding hydrogens is 374 g/mol. The molecule has 0 saturated carbocycles. The molecule has 7 nitrogen and oxygen atoms in total. The van der Waals surface area contributed by atoms with E-state index in [1.807, 2.05) is 19.1 Å². The highest BCUT2D eigenvalue weighted by molar-refractivity contribution is 5.79. The first-order valence-electron chi connectivity index (χ1n) is 9.03. The minimum absolute atomic E-state index is 0.134. The predicted molar refractivity (Wildman–Crippen MR) is 109 cm³/mol. The molecule has 29 heavy (non-hydrogen) atoms. The maximum atomic E-state index is 12.5. The van der Waals surface area contributed by atoms with Gasteiger partial charge in [0, 0.05) is 31.1 Å². The van der Waals surface area contributed by atoms with Gasteiger partial charge < -0.3 is 23.5 Å². The van der Waals surface area contributed by atoms with Crippen LogP contribution in [0.15, 0.2) is 51.7 Å². The summed E-state index contributed by atoms with van der Waals surface area (Å²) < 4.78 is 21.4. The van der Waals surface area contributed by atoms with Crippen molar-refractivity contribution in [2.75, 3.05) is 27.9 Å². The van der Waals surface area contributed by atoms with Crippen molar-refractivity contribution in [3.05, 3.63) is 64.0 Å². The van der Waals surface area contributed by atoms with E-state index in [2.05, 4.69) is 0 Å². The Morgan fingerprint density at radius 3 is 2.45 bits per heavy atom. The van der Waals surface area contributed by atoms with E-state index in [0.717, 1.165) is 16.5 Å². The molecule has 3 aromatic rings. The number of fused-ring (bicyclic) bond motifs is 1. The van der Waals surface area contributed by atoms with E-state index in [-0.39, 0.29) is 12.5 Å². The zero-order valence-corrected chi connectivity index (χ0v) is 16.9. The van der Waals surface area contributed by atoms with Gasteiger partial charge in [0.2, 0.25) is 0 Å². The zero-order chi connectivity index (χ0) is 21.0. The van der Waals surface area contributed by atoms with Crippen LogP contribution in [-0.2, 0) is 11.3 Å². The van der Waals surface area contributed by atoms with Gasteiger partial charge >= 0.3 is 5.63 Å². The van der Waals surface area contributed by atoms with E-state index in [1.54, 1.807) is 50.4 Å². The largest absolute Gasteiger partial charge is 0.493 e. The van der Waals surface area contributed by atoms with Crippen LogP contribution in [0.5, 0.6) is 17.2 Å². The molecule has 0 saturated heterocycles. The highest BCUT2D eigenvalue weighted by Crippen LogP contribution is 2.30. The van der Waals surface area contributed by atoms with E-state index in [1.165, 1.54) is 6.07 Å². The normalized spacial score (nSPS) is 10.6. The van der Waals surface area contributed by atoms with Crippen LogP contribution in [0.25, 0.3) is 11.0 Å². The summed E-state index contributed by atoms with van der Waals surface area (Å²) in [7, 11) is 4.87. The smallest absolute Gasteiger partial charge is 0.336 e. The lowest BCUT2D eigenvalue weighted by Gasteiger charge is -2.20. The molecule has 0 N–H and O–H groups in total. The molecule has 0 bridgehead atoms. The maximum Gasteiger partial charge on any atom is 0.336 e. The van der Waals surface area contributed by atoms with Crippen LogP contribution in [0.3, 0.4) is 0 Å². The fourth-order valence-electron chi connectivity index (χ4n) is 2.92. The molecule has 1 aromatic heterocycles. The Labute approximate surface area is 168 Å². The Hall–Kier alpha value is -3.48. The van der Waals surface area contributed by atoms with Crippen molar-refractivity contribution in [3.63, 3.8) is 0 Å².